The molecule has 1 saturated heterocycles. The molecule has 1 fully saturated rings. The number of alkyl halides is 1. The van der Waals surface area contributed by atoms with Crippen molar-refractivity contribution in [1.82, 2.24) is 0 Å². The minimum absolute atomic E-state index is 0.146. The molecule has 0 saturated carbocycles. The summed E-state index contributed by atoms with van der Waals surface area (Å²) in [6, 6.07) is 28.6. The van der Waals surface area contributed by atoms with Crippen LogP contribution in [0, 0.1) is 10.8 Å². The fraction of sp³-hybridized carbons (Fsp3) is 0.208. The standard InChI is InChI=1S/C24H21BrNO4/c25-23-21(24(27)29-16-17-10-4-1-5-11-17)20(18-12-6-2-7-13-18)22(30-26(23)28)19-14-8-3-9-15-19/h1-15,20-23H,16H2/q+1. The highest BCUT2D eigenvalue weighted by Gasteiger charge is 2.56. The van der Waals surface area contributed by atoms with Gasteiger partial charge in [-0.05, 0) is 11.1 Å². The third-order valence-corrected chi connectivity index (χ3v) is 6.14. The van der Waals surface area contributed by atoms with Crippen LogP contribution in [-0.2, 0) is 21.0 Å². The second-order valence-electron chi connectivity index (χ2n) is 7.15. The van der Waals surface area contributed by atoms with Gasteiger partial charge in [0.05, 0.1) is 10.8 Å². The van der Waals surface area contributed by atoms with Crippen LogP contribution in [0.25, 0.3) is 0 Å². The Bertz CT molecular complexity index is 997. The third-order valence-electron chi connectivity index (χ3n) is 5.24. The third kappa shape index (κ3) is 4.28. The monoisotopic (exact) mass is 466 g/mol. The number of nitrogens with zero attached hydrogens (tertiary/aromatic N) is 1. The van der Waals surface area contributed by atoms with E-state index in [1.54, 1.807) is 0 Å². The zero-order valence-corrected chi connectivity index (χ0v) is 17.7. The molecular weight excluding hydrogens is 446 g/mol. The van der Waals surface area contributed by atoms with E-state index in [-0.39, 0.29) is 6.61 Å². The molecule has 30 heavy (non-hydrogen) atoms. The summed E-state index contributed by atoms with van der Waals surface area (Å²) in [4.78, 5) is 31.1. The van der Waals surface area contributed by atoms with E-state index < -0.39 is 28.9 Å². The van der Waals surface area contributed by atoms with Crippen LogP contribution in [0.1, 0.15) is 28.7 Å². The molecule has 0 bridgehead atoms. The van der Waals surface area contributed by atoms with Crippen LogP contribution in [-0.4, -0.2) is 15.8 Å². The van der Waals surface area contributed by atoms with Gasteiger partial charge in [0.2, 0.25) is 11.0 Å². The van der Waals surface area contributed by atoms with Crippen LogP contribution in [0.4, 0.5) is 0 Å². The molecule has 0 radical (unpaired) electrons. The minimum Gasteiger partial charge on any atom is -0.460 e. The summed E-state index contributed by atoms with van der Waals surface area (Å²) >= 11 is 3.37. The normalized spacial score (nSPS) is 23.4. The van der Waals surface area contributed by atoms with Gasteiger partial charge in [0.25, 0.3) is 0 Å². The van der Waals surface area contributed by atoms with Crippen LogP contribution in [0.2, 0.25) is 0 Å². The molecule has 5 nitrogen and oxygen atoms in total. The van der Waals surface area contributed by atoms with Crippen molar-refractivity contribution in [2.24, 2.45) is 5.92 Å². The fourth-order valence-corrected chi connectivity index (χ4v) is 4.42. The van der Waals surface area contributed by atoms with Gasteiger partial charge in [-0.15, -0.1) is 0 Å². The van der Waals surface area contributed by atoms with E-state index in [1.165, 1.54) is 0 Å². The van der Waals surface area contributed by atoms with E-state index in [0.717, 1.165) is 16.7 Å². The van der Waals surface area contributed by atoms with Gasteiger partial charge in [0.15, 0.2) is 0 Å². The molecule has 3 aromatic carbocycles. The second kappa shape index (κ2) is 9.22. The Hall–Kier alpha value is -2.99. The Kier molecular flexibility index (Phi) is 6.23. The number of hydrogen-bond donors (Lipinski definition) is 0. The predicted molar refractivity (Wildman–Crippen MR) is 116 cm³/mol. The van der Waals surface area contributed by atoms with Gasteiger partial charge in [-0.3, -0.25) is 4.79 Å². The summed E-state index contributed by atoms with van der Waals surface area (Å²) in [6.45, 7) is 0.146. The van der Waals surface area contributed by atoms with Gasteiger partial charge in [0, 0.05) is 21.5 Å². The van der Waals surface area contributed by atoms with Crippen molar-refractivity contribution in [2.75, 3.05) is 0 Å². The molecule has 152 valence electrons. The van der Waals surface area contributed by atoms with Crippen LogP contribution in [0.3, 0.4) is 0 Å². The van der Waals surface area contributed by atoms with Crippen molar-refractivity contribution < 1.29 is 19.3 Å². The average molecular weight is 467 g/mol. The molecule has 4 rings (SSSR count). The number of ether oxygens (including phenoxy) is 1. The molecule has 6 heteroatoms. The average Bonchev–Trinajstić information content (AvgIpc) is 2.80. The van der Waals surface area contributed by atoms with Gasteiger partial charge in [-0.2, -0.15) is 0 Å². The molecule has 0 aliphatic carbocycles. The summed E-state index contributed by atoms with van der Waals surface area (Å²) in [5.41, 5.74) is 2.62. The van der Waals surface area contributed by atoms with Crippen LogP contribution >= 0.6 is 15.9 Å². The molecule has 3 aromatic rings. The van der Waals surface area contributed by atoms with Crippen molar-refractivity contribution in [1.29, 1.82) is 0 Å². The summed E-state index contributed by atoms with van der Waals surface area (Å²) in [5.74, 6) is -1.60. The SMILES string of the molecule is O=C(OCc1ccccc1)C1C(c2ccccc2)C(c2ccccc2)O[N+](=O)C1Br. The van der Waals surface area contributed by atoms with E-state index in [2.05, 4.69) is 15.9 Å². The van der Waals surface area contributed by atoms with E-state index >= 15 is 0 Å². The molecule has 0 spiro atoms. The molecule has 4 unspecified atom stereocenters. The molecule has 1 aliphatic rings. The Morgan fingerprint density at radius 3 is 2.00 bits per heavy atom. The maximum Gasteiger partial charge on any atom is 0.323 e. The summed E-state index contributed by atoms with van der Waals surface area (Å²) in [7, 11) is 0. The van der Waals surface area contributed by atoms with Gasteiger partial charge < -0.3 is 4.74 Å². The summed E-state index contributed by atoms with van der Waals surface area (Å²) < 4.78 is 5.63. The van der Waals surface area contributed by atoms with Gasteiger partial charge in [0.1, 0.15) is 12.5 Å². The van der Waals surface area contributed by atoms with Crippen molar-refractivity contribution >= 4 is 21.9 Å². The van der Waals surface area contributed by atoms with Crippen molar-refractivity contribution in [3.63, 3.8) is 0 Å². The largest absolute Gasteiger partial charge is 0.460 e. The van der Waals surface area contributed by atoms with Crippen LogP contribution < -0.4 is 0 Å². The number of halogens is 1. The fourth-order valence-electron chi connectivity index (χ4n) is 3.78. The lowest BCUT2D eigenvalue weighted by molar-refractivity contribution is -0.836. The second-order valence-corrected chi connectivity index (χ2v) is 8.09. The number of esters is 1. The first-order valence-corrected chi connectivity index (χ1v) is 10.6. The summed E-state index contributed by atoms with van der Waals surface area (Å²) in [5, 5.41) is 0. The lowest BCUT2D eigenvalue weighted by Gasteiger charge is -2.33. The lowest BCUT2D eigenvalue weighted by Crippen LogP contribution is -2.45. The Labute approximate surface area is 183 Å². The van der Waals surface area contributed by atoms with Crippen molar-refractivity contribution in [3.05, 3.63) is 113 Å². The van der Waals surface area contributed by atoms with E-state index in [4.69, 9.17) is 9.57 Å². The lowest BCUT2D eigenvalue weighted by atomic mass is 9.78. The van der Waals surface area contributed by atoms with E-state index in [0.29, 0.717) is 4.92 Å². The summed E-state index contributed by atoms with van der Waals surface area (Å²) in [6.07, 6.45) is -0.617. The smallest absolute Gasteiger partial charge is 0.323 e. The molecule has 1 aliphatic heterocycles. The molecule has 0 aromatic heterocycles. The van der Waals surface area contributed by atoms with Gasteiger partial charge in [-0.1, -0.05) is 91.0 Å². The van der Waals surface area contributed by atoms with Gasteiger partial charge >= 0.3 is 10.9 Å². The first kappa shape index (κ1) is 20.3. The molecular formula is C24H21BrNO4+. The predicted octanol–water partition coefficient (Wildman–Crippen LogP) is 5.32. The number of hydrogen-bond acceptors (Lipinski definition) is 4. The maximum atomic E-state index is 13.2. The number of carbonyl (C=O) groups is 1. The zero-order chi connectivity index (χ0) is 20.9. The van der Waals surface area contributed by atoms with Crippen molar-refractivity contribution in [2.45, 2.75) is 23.6 Å². The van der Waals surface area contributed by atoms with E-state index in [1.807, 2.05) is 91.0 Å². The molecule has 4 atom stereocenters. The number of rotatable bonds is 5. The Morgan fingerprint density at radius 2 is 1.40 bits per heavy atom. The number of benzene rings is 3. The number of carbonyl (C=O) groups excluding carboxylic acids is 1. The van der Waals surface area contributed by atoms with Crippen molar-refractivity contribution in [3.8, 4) is 0 Å². The molecule has 1 heterocycles. The Balaban J connectivity index is 1.69. The first-order valence-electron chi connectivity index (χ1n) is 9.73. The topological polar surface area (TPSA) is 55.6 Å². The first-order chi connectivity index (χ1) is 14.6. The van der Waals surface area contributed by atoms with E-state index in [9.17, 15) is 9.70 Å². The quantitative estimate of drug-likeness (QED) is 0.290. The molecule has 0 N–H and O–H groups in total. The highest BCUT2D eigenvalue weighted by molar-refractivity contribution is 9.09. The highest BCUT2D eigenvalue weighted by atomic mass is 79.9. The van der Waals surface area contributed by atoms with Crippen LogP contribution in [0.5, 0.6) is 0 Å². The Morgan fingerprint density at radius 1 is 0.867 bits per heavy atom. The van der Waals surface area contributed by atoms with Gasteiger partial charge in [-0.25, -0.2) is 4.84 Å². The molecule has 0 amide bonds. The van der Waals surface area contributed by atoms with Crippen LogP contribution in [0.15, 0.2) is 91.0 Å². The maximum absolute atomic E-state index is 13.2. The minimum atomic E-state index is -0.869. The zero-order valence-electron chi connectivity index (χ0n) is 16.1. The highest BCUT2D eigenvalue weighted by Crippen LogP contribution is 2.47.